The SMILES string of the molecule is COC(=O)c1c(O)cc(-c2ccc(Br)cc2)c2c1-c1ccccc1SC2. The number of hydrogen-bond acceptors (Lipinski definition) is 4. The lowest BCUT2D eigenvalue weighted by atomic mass is 9.87. The smallest absolute Gasteiger partial charge is 0.342 e. The van der Waals surface area contributed by atoms with Gasteiger partial charge in [0.2, 0.25) is 0 Å². The number of aromatic hydroxyl groups is 1. The van der Waals surface area contributed by atoms with Gasteiger partial charge >= 0.3 is 5.97 Å². The van der Waals surface area contributed by atoms with Gasteiger partial charge in [-0.1, -0.05) is 46.3 Å². The first-order chi connectivity index (χ1) is 12.6. The molecule has 3 nitrogen and oxygen atoms in total. The molecule has 1 aliphatic rings. The van der Waals surface area contributed by atoms with E-state index in [1.807, 2.05) is 48.5 Å². The number of rotatable bonds is 2. The van der Waals surface area contributed by atoms with Gasteiger partial charge in [0.1, 0.15) is 11.3 Å². The largest absolute Gasteiger partial charge is 0.507 e. The highest BCUT2D eigenvalue weighted by atomic mass is 79.9. The predicted molar refractivity (Wildman–Crippen MR) is 108 cm³/mol. The summed E-state index contributed by atoms with van der Waals surface area (Å²) in [5, 5.41) is 10.7. The molecule has 0 unspecified atom stereocenters. The number of methoxy groups -OCH3 is 1. The number of thioether (sulfide) groups is 1. The highest BCUT2D eigenvalue weighted by molar-refractivity contribution is 9.10. The molecule has 1 N–H and O–H groups in total. The van der Waals surface area contributed by atoms with Crippen LogP contribution < -0.4 is 0 Å². The number of ether oxygens (including phenoxy) is 1. The first kappa shape index (κ1) is 17.2. The van der Waals surface area contributed by atoms with E-state index < -0.39 is 5.97 Å². The minimum atomic E-state index is -0.525. The zero-order valence-electron chi connectivity index (χ0n) is 14.0. The van der Waals surface area contributed by atoms with Crippen LogP contribution in [0.15, 0.2) is 64.0 Å². The van der Waals surface area contributed by atoms with Crippen molar-refractivity contribution >= 4 is 33.7 Å². The van der Waals surface area contributed by atoms with Crippen molar-refractivity contribution in [2.75, 3.05) is 7.11 Å². The molecule has 3 aromatic carbocycles. The van der Waals surface area contributed by atoms with E-state index in [0.717, 1.165) is 42.9 Å². The summed E-state index contributed by atoms with van der Waals surface area (Å²) in [6.45, 7) is 0. The van der Waals surface area contributed by atoms with E-state index in [9.17, 15) is 9.90 Å². The van der Waals surface area contributed by atoms with Crippen LogP contribution in [0.3, 0.4) is 0 Å². The Hall–Kier alpha value is -2.24. The minimum absolute atomic E-state index is 0.0600. The van der Waals surface area contributed by atoms with Gasteiger partial charge in [-0.15, -0.1) is 11.8 Å². The van der Waals surface area contributed by atoms with Gasteiger partial charge in [-0.25, -0.2) is 4.79 Å². The lowest BCUT2D eigenvalue weighted by Crippen LogP contribution is -2.10. The predicted octanol–water partition coefficient (Wildman–Crippen LogP) is 5.88. The first-order valence-electron chi connectivity index (χ1n) is 8.05. The quantitative estimate of drug-likeness (QED) is 0.519. The van der Waals surface area contributed by atoms with Gasteiger partial charge in [0.05, 0.1) is 7.11 Å². The third kappa shape index (κ3) is 2.81. The molecule has 130 valence electrons. The zero-order valence-corrected chi connectivity index (χ0v) is 16.4. The number of esters is 1. The van der Waals surface area contributed by atoms with Crippen molar-refractivity contribution in [1.29, 1.82) is 0 Å². The molecule has 0 bridgehead atoms. The highest BCUT2D eigenvalue weighted by Gasteiger charge is 2.29. The van der Waals surface area contributed by atoms with E-state index in [4.69, 9.17) is 4.74 Å². The normalized spacial score (nSPS) is 12.2. The third-order valence-electron chi connectivity index (χ3n) is 4.49. The summed E-state index contributed by atoms with van der Waals surface area (Å²) >= 11 is 5.19. The zero-order chi connectivity index (χ0) is 18.3. The van der Waals surface area contributed by atoms with Crippen LogP contribution in [0.4, 0.5) is 0 Å². The molecule has 0 aromatic heterocycles. The number of halogens is 1. The van der Waals surface area contributed by atoms with Crippen LogP contribution in [0, 0.1) is 0 Å². The summed E-state index contributed by atoms with van der Waals surface area (Å²) in [7, 11) is 1.33. The van der Waals surface area contributed by atoms with Crippen molar-refractivity contribution in [1.82, 2.24) is 0 Å². The topological polar surface area (TPSA) is 46.5 Å². The van der Waals surface area contributed by atoms with Crippen molar-refractivity contribution in [2.45, 2.75) is 10.6 Å². The molecule has 0 radical (unpaired) electrons. The third-order valence-corrected chi connectivity index (χ3v) is 6.12. The van der Waals surface area contributed by atoms with Crippen LogP contribution in [-0.4, -0.2) is 18.2 Å². The maximum atomic E-state index is 12.4. The van der Waals surface area contributed by atoms with Gasteiger partial charge in [-0.05, 0) is 46.5 Å². The van der Waals surface area contributed by atoms with Gasteiger partial charge in [0.25, 0.3) is 0 Å². The molecular formula is C21H15BrO3S. The summed E-state index contributed by atoms with van der Waals surface area (Å²) in [4.78, 5) is 13.5. The molecule has 0 fully saturated rings. The van der Waals surface area contributed by atoms with Crippen molar-refractivity contribution in [2.24, 2.45) is 0 Å². The summed E-state index contributed by atoms with van der Waals surface area (Å²) in [6.07, 6.45) is 0. The fourth-order valence-corrected chi connectivity index (χ4v) is 4.67. The van der Waals surface area contributed by atoms with Gasteiger partial charge in [0.15, 0.2) is 0 Å². The summed E-state index contributed by atoms with van der Waals surface area (Å²) in [6, 6.07) is 17.6. The van der Waals surface area contributed by atoms with E-state index in [1.54, 1.807) is 17.8 Å². The Kier molecular flexibility index (Phi) is 4.51. The molecule has 3 aromatic rings. The average Bonchev–Trinajstić information content (AvgIpc) is 2.67. The van der Waals surface area contributed by atoms with E-state index in [0.29, 0.717) is 0 Å². The fourth-order valence-electron chi connectivity index (χ4n) is 3.30. The first-order valence-corrected chi connectivity index (χ1v) is 9.83. The Labute approximate surface area is 164 Å². The molecule has 0 atom stereocenters. The Morgan fingerprint density at radius 2 is 1.85 bits per heavy atom. The molecule has 1 aliphatic heterocycles. The number of carbonyl (C=O) groups is 1. The number of hydrogen-bond donors (Lipinski definition) is 1. The van der Waals surface area contributed by atoms with E-state index in [2.05, 4.69) is 15.9 Å². The van der Waals surface area contributed by atoms with Crippen LogP contribution in [0.5, 0.6) is 5.75 Å². The molecule has 0 saturated heterocycles. The Morgan fingerprint density at radius 3 is 2.58 bits per heavy atom. The number of benzene rings is 3. The maximum Gasteiger partial charge on any atom is 0.342 e. The molecule has 0 spiro atoms. The average molecular weight is 427 g/mol. The molecule has 0 saturated carbocycles. The Morgan fingerprint density at radius 1 is 1.12 bits per heavy atom. The molecular weight excluding hydrogens is 412 g/mol. The fraction of sp³-hybridized carbons (Fsp3) is 0.0952. The van der Waals surface area contributed by atoms with E-state index in [-0.39, 0.29) is 11.3 Å². The molecule has 26 heavy (non-hydrogen) atoms. The van der Waals surface area contributed by atoms with Gasteiger partial charge in [-0.2, -0.15) is 0 Å². The molecule has 0 amide bonds. The highest BCUT2D eigenvalue weighted by Crippen LogP contribution is 2.49. The molecule has 0 aliphatic carbocycles. The number of phenols is 1. The van der Waals surface area contributed by atoms with Gasteiger partial charge in [-0.3, -0.25) is 0 Å². The monoisotopic (exact) mass is 426 g/mol. The molecule has 5 heteroatoms. The van der Waals surface area contributed by atoms with Crippen molar-refractivity contribution in [3.63, 3.8) is 0 Å². The second kappa shape index (κ2) is 6.82. The Balaban J connectivity index is 2.06. The van der Waals surface area contributed by atoms with Gasteiger partial charge in [0, 0.05) is 20.7 Å². The van der Waals surface area contributed by atoms with Crippen LogP contribution in [0.1, 0.15) is 15.9 Å². The number of fused-ring (bicyclic) bond motifs is 3. The maximum absolute atomic E-state index is 12.4. The van der Waals surface area contributed by atoms with Crippen LogP contribution >= 0.6 is 27.7 Å². The van der Waals surface area contributed by atoms with Crippen molar-refractivity contribution in [3.8, 4) is 28.0 Å². The summed E-state index contributed by atoms with van der Waals surface area (Å²) in [5.74, 6) is 0.139. The summed E-state index contributed by atoms with van der Waals surface area (Å²) < 4.78 is 5.94. The second-order valence-electron chi connectivity index (χ2n) is 5.96. The van der Waals surface area contributed by atoms with Crippen LogP contribution in [-0.2, 0) is 10.5 Å². The molecule has 4 rings (SSSR count). The van der Waals surface area contributed by atoms with E-state index >= 15 is 0 Å². The van der Waals surface area contributed by atoms with E-state index in [1.165, 1.54) is 7.11 Å². The summed E-state index contributed by atoms with van der Waals surface area (Å²) in [5.41, 5.74) is 4.92. The number of carbonyl (C=O) groups excluding carboxylic acids is 1. The Bertz CT molecular complexity index is 1010. The van der Waals surface area contributed by atoms with Crippen LogP contribution in [0.2, 0.25) is 0 Å². The minimum Gasteiger partial charge on any atom is -0.507 e. The van der Waals surface area contributed by atoms with Crippen molar-refractivity contribution in [3.05, 3.63) is 70.2 Å². The van der Waals surface area contributed by atoms with Gasteiger partial charge < -0.3 is 9.84 Å². The lowest BCUT2D eigenvalue weighted by Gasteiger charge is -2.25. The van der Waals surface area contributed by atoms with Crippen molar-refractivity contribution < 1.29 is 14.6 Å². The lowest BCUT2D eigenvalue weighted by molar-refractivity contribution is 0.0598. The van der Waals surface area contributed by atoms with Crippen LogP contribution in [0.25, 0.3) is 22.3 Å². The second-order valence-corrected chi connectivity index (χ2v) is 7.89. The number of phenolic OH excluding ortho intramolecular Hbond substituents is 1. The standard InChI is InChI=1S/C21H15BrO3S/c1-25-21(24)20-17(23)10-15(12-6-8-13(22)9-7-12)16-11-26-18-5-3-2-4-14(18)19(16)20/h2-10,23H,11H2,1H3. The molecule has 1 heterocycles.